The van der Waals surface area contributed by atoms with Crippen LogP contribution in [0.3, 0.4) is 0 Å². The SMILES string of the molecule is CC[C@@H]1NC(=O)[C@@H](NC(=O)CCCc2nc(-c3cccnc3)no2)CCCCNC(=O)[C@@H]2CCCN2C(=O)[C@@H](Cc2ccccc2)NC(=O)[C@H]([C@@H](C)O)NC1=O. The summed E-state index contributed by atoms with van der Waals surface area (Å²) in [4.78, 5) is 91.4. The maximum Gasteiger partial charge on any atom is 0.246 e. The van der Waals surface area contributed by atoms with Gasteiger partial charge in [-0.3, -0.25) is 33.8 Å². The third-order valence-corrected chi connectivity index (χ3v) is 9.89. The molecule has 17 heteroatoms. The van der Waals surface area contributed by atoms with Crippen molar-refractivity contribution in [2.75, 3.05) is 13.1 Å². The monoisotopic (exact) mass is 773 g/mol. The summed E-state index contributed by atoms with van der Waals surface area (Å²) in [7, 11) is 0. The molecule has 0 aliphatic carbocycles. The second kappa shape index (κ2) is 20.3. The highest BCUT2D eigenvalue weighted by atomic mass is 16.5. The first kappa shape index (κ1) is 41.5. The highest BCUT2D eigenvalue weighted by molar-refractivity contribution is 5.97. The number of carbonyl (C=O) groups excluding carboxylic acids is 6. The summed E-state index contributed by atoms with van der Waals surface area (Å²) in [6, 6.07) is 7.19. The lowest BCUT2D eigenvalue weighted by molar-refractivity contribution is -0.142. The van der Waals surface area contributed by atoms with E-state index in [0.717, 1.165) is 5.56 Å². The van der Waals surface area contributed by atoms with Gasteiger partial charge < -0.3 is 41.1 Å². The van der Waals surface area contributed by atoms with Gasteiger partial charge in [0.25, 0.3) is 0 Å². The van der Waals surface area contributed by atoms with E-state index >= 15 is 0 Å². The number of amides is 6. The van der Waals surface area contributed by atoms with Gasteiger partial charge in [0, 0.05) is 50.3 Å². The smallest absolute Gasteiger partial charge is 0.246 e. The summed E-state index contributed by atoms with van der Waals surface area (Å²) in [5.41, 5.74) is 1.46. The van der Waals surface area contributed by atoms with Crippen molar-refractivity contribution in [2.45, 2.75) is 114 Å². The fourth-order valence-corrected chi connectivity index (χ4v) is 6.81. The van der Waals surface area contributed by atoms with Crippen molar-refractivity contribution >= 4 is 35.4 Å². The summed E-state index contributed by atoms with van der Waals surface area (Å²) in [6.45, 7) is 3.60. The number of nitrogens with one attached hydrogen (secondary N) is 5. The first-order chi connectivity index (χ1) is 27.0. The highest BCUT2D eigenvalue weighted by Crippen LogP contribution is 2.21. The molecule has 2 aliphatic heterocycles. The van der Waals surface area contributed by atoms with Crippen LogP contribution in [-0.2, 0) is 41.6 Å². The van der Waals surface area contributed by atoms with Gasteiger partial charge in [0.15, 0.2) is 0 Å². The zero-order valence-corrected chi connectivity index (χ0v) is 31.7. The van der Waals surface area contributed by atoms with Gasteiger partial charge in [-0.15, -0.1) is 0 Å². The van der Waals surface area contributed by atoms with Crippen LogP contribution >= 0.6 is 0 Å². The Morgan fingerprint density at radius 3 is 2.46 bits per heavy atom. The molecular formula is C39H51N9O8. The molecule has 0 saturated carbocycles. The van der Waals surface area contributed by atoms with Crippen molar-refractivity contribution in [2.24, 2.45) is 0 Å². The Kier molecular flexibility index (Phi) is 15.0. The van der Waals surface area contributed by atoms with Gasteiger partial charge in [-0.05, 0) is 69.6 Å². The highest BCUT2D eigenvalue weighted by Gasteiger charge is 2.39. The number of benzene rings is 1. The first-order valence-electron chi connectivity index (χ1n) is 19.3. The Morgan fingerprint density at radius 1 is 0.946 bits per heavy atom. The molecule has 1 aromatic carbocycles. The molecule has 2 aromatic heterocycles. The van der Waals surface area contributed by atoms with Crippen molar-refractivity contribution < 1.29 is 38.4 Å². The van der Waals surface area contributed by atoms with Gasteiger partial charge in [0.1, 0.15) is 30.2 Å². The van der Waals surface area contributed by atoms with Gasteiger partial charge in [0.2, 0.25) is 47.2 Å². The van der Waals surface area contributed by atoms with E-state index in [1.54, 1.807) is 31.5 Å². The number of aromatic nitrogens is 3. The van der Waals surface area contributed by atoms with Crippen LogP contribution in [0.5, 0.6) is 0 Å². The normalized spacial score (nSPS) is 23.7. The Labute approximate surface area is 325 Å². The molecule has 300 valence electrons. The Bertz CT molecular complexity index is 1810. The minimum absolute atomic E-state index is 0.0508. The van der Waals surface area contributed by atoms with E-state index < -0.39 is 65.8 Å². The van der Waals surface area contributed by atoms with Gasteiger partial charge in [0.05, 0.1) is 6.10 Å². The van der Waals surface area contributed by atoms with Crippen LogP contribution in [-0.4, -0.2) is 110 Å². The van der Waals surface area contributed by atoms with E-state index in [0.29, 0.717) is 62.3 Å². The first-order valence-corrected chi connectivity index (χ1v) is 19.3. The number of aliphatic hydroxyl groups excluding tert-OH is 1. The lowest BCUT2D eigenvalue weighted by atomic mass is 10.0. The lowest BCUT2D eigenvalue weighted by Crippen LogP contribution is -2.61. The zero-order chi connectivity index (χ0) is 40.0. The molecule has 17 nitrogen and oxygen atoms in total. The second-order valence-electron chi connectivity index (χ2n) is 14.2. The molecule has 6 N–H and O–H groups in total. The number of aliphatic hydroxyl groups is 1. The fraction of sp³-hybridized carbons (Fsp3) is 0.513. The average Bonchev–Trinajstić information content (AvgIpc) is 3.89. The number of carbonyl (C=O) groups is 6. The van der Waals surface area contributed by atoms with Gasteiger partial charge in [-0.2, -0.15) is 4.98 Å². The molecule has 56 heavy (non-hydrogen) atoms. The molecule has 4 heterocycles. The number of hydrogen-bond acceptors (Lipinski definition) is 11. The van der Waals surface area contributed by atoms with Gasteiger partial charge >= 0.3 is 0 Å². The summed E-state index contributed by atoms with van der Waals surface area (Å²) < 4.78 is 5.32. The van der Waals surface area contributed by atoms with E-state index in [1.807, 2.05) is 30.3 Å². The van der Waals surface area contributed by atoms with Crippen molar-refractivity contribution in [3.63, 3.8) is 0 Å². The number of rotatable bonds is 10. The third kappa shape index (κ3) is 11.4. The predicted octanol–water partition coefficient (Wildman–Crippen LogP) is 0.718. The standard InChI is InChI=1S/C39H51N9O8/c1-3-27-35(51)46-33(24(2)49)38(54)44-29(22-25-12-5-4-6-13-25)39(55)48-21-11-16-30(48)37(53)41-20-8-7-15-28(36(52)43-27)42-31(50)17-9-18-32-45-34(47-56-32)26-14-10-19-40-23-26/h4-6,10,12-14,19,23-24,27-30,33,49H,3,7-9,11,15-18,20-22H2,1-2H3,(H,41,53)(H,42,50)(H,43,52)(H,44,54)(H,46,51)/t24-,27+,28+,29-,30+,33+/m1/s1. The molecular weight excluding hydrogens is 722 g/mol. The number of fused-ring (bicyclic) bond motifs is 1. The van der Waals surface area contributed by atoms with Crippen molar-refractivity contribution in [3.8, 4) is 11.4 Å². The van der Waals surface area contributed by atoms with Crippen LogP contribution in [0.1, 0.15) is 76.7 Å². The van der Waals surface area contributed by atoms with E-state index in [4.69, 9.17) is 4.52 Å². The number of nitrogens with zero attached hydrogens (tertiary/aromatic N) is 4. The second-order valence-corrected chi connectivity index (χ2v) is 14.2. The molecule has 0 spiro atoms. The maximum atomic E-state index is 14.0. The van der Waals surface area contributed by atoms with Crippen molar-refractivity contribution in [1.29, 1.82) is 0 Å². The molecule has 0 bridgehead atoms. The summed E-state index contributed by atoms with van der Waals surface area (Å²) in [5.74, 6) is -2.57. The number of aryl methyl sites for hydroxylation is 1. The molecule has 2 fully saturated rings. The molecule has 2 saturated heterocycles. The van der Waals surface area contributed by atoms with E-state index in [9.17, 15) is 33.9 Å². The van der Waals surface area contributed by atoms with E-state index in [1.165, 1.54) is 11.8 Å². The van der Waals surface area contributed by atoms with Crippen LogP contribution in [0.2, 0.25) is 0 Å². The minimum atomic E-state index is -1.48. The average molecular weight is 774 g/mol. The van der Waals surface area contributed by atoms with Gasteiger partial charge in [-0.25, -0.2) is 0 Å². The van der Waals surface area contributed by atoms with Crippen LogP contribution in [0, 0.1) is 0 Å². The summed E-state index contributed by atoms with van der Waals surface area (Å²) in [6.07, 6.45) is 5.02. The quantitative estimate of drug-likeness (QED) is 0.168. The predicted molar refractivity (Wildman–Crippen MR) is 202 cm³/mol. The Hall–Kier alpha value is -5.71. The van der Waals surface area contributed by atoms with Crippen LogP contribution in [0.15, 0.2) is 59.4 Å². The maximum absolute atomic E-state index is 14.0. The zero-order valence-electron chi connectivity index (χ0n) is 31.7. The van der Waals surface area contributed by atoms with Crippen LogP contribution in [0.25, 0.3) is 11.4 Å². The van der Waals surface area contributed by atoms with Crippen LogP contribution < -0.4 is 26.6 Å². The lowest BCUT2D eigenvalue weighted by Gasteiger charge is -2.30. The number of pyridine rings is 1. The molecule has 3 aromatic rings. The topological polar surface area (TPSA) is 238 Å². The summed E-state index contributed by atoms with van der Waals surface area (Å²) in [5, 5.41) is 28.3. The molecule has 6 atom stereocenters. The molecule has 0 radical (unpaired) electrons. The molecule has 2 aliphatic rings. The fourth-order valence-electron chi connectivity index (χ4n) is 6.81. The van der Waals surface area contributed by atoms with Gasteiger partial charge in [-0.1, -0.05) is 42.4 Å². The summed E-state index contributed by atoms with van der Waals surface area (Å²) >= 11 is 0. The Morgan fingerprint density at radius 2 is 1.73 bits per heavy atom. The van der Waals surface area contributed by atoms with E-state index in [-0.39, 0.29) is 38.1 Å². The number of hydrogen-bond donors (Lipinski definition) is 6. The molecule has 0 unspecified atom stereocenters. The molecule has 6 amide bonds. The van der Waals surface area contributed by atoms with Crippen molar-refractivity contribution in [1.82, 2.24) is 46.6 Å². The minimum Gasteiger partial charge on any atom is -0.391 e. The van der Waals surface area contributed by atoms with Crippen molar-refractivity contribution in [3.05, 3.63) is 66.3 Å². The van der Waals surface area contributed by atoms with E-state index in [2.05, 4.69) is 41.7 Å². The Balaban J connectivity index is 1.29. The largest absolute Gasteiger partial charge is 0.391 e. The molecule has 5 rings (SSSR count). The third-order valence-electron chi connectivity index (χ3n) is 9.89. The van der Waals surface area contributed by atoms with Crippen LogP contribution in [0.4, 0.5) is 0 Å².